The van der Waals surface area contributed by atoms with E-state index in [-0.39, 0.29) is 11.7 Å². The zero-order valence-electron chi connectivity index (χ0n) is 12.7. The summed E-state index contributed by atoms with van der Waals surface area (Å²) >= 11 is 1.75. The highest BCUT2D eigenvalue weighted by Gasteiger charge is 2.27. The first-order chi connectivity index (χ1) is 10.7. The molecule has 0 unspecified atom stereocenters. The molecule has 0 aromatic carbocycles. The summed E-state index contributed by atoms with van der Waals surface area (Å²) in [5.74, 6) is 1.12. The maximum Gasteiger partial charge on any atom is 0.291 e. The quantitative estimate of drug-likeness (QED) is 0.868. The van der Waals surface area contributed by atoms with Crippen LogP contribution in [0.4, 0.5) is 0 Å². The van der Waals surface area contributed by atoms with Crippen LogP contribution in [-0.4, -0.2) is 46.0 Å². The SMILES string of the molecule is COc1cnc(C(=O)N2CCC(c3ncc(C)s3)CC2)nc1. The molecule has 1 aliphatic rings. The molecule has 6 nitrogen and oxygen atoms in total. The second-order valence-corrected chi connectivity index (χ2v) is 6.59. The topological polar surface area (TPSA) is 68.2 Å². The number of methoxy groups -OCH3 is 1. The highest BCUT2D eigenvalue weighted by molar-refractivity contribution is 7.11. The van der Waals surface area contributed by atoms with Crippen LogP contribution in [0.2, 0.25) is 0 Å². The number of hydrogen-bond donors (Lipinski definition) is 0. The molecule has 0 atom stereocenters. The van der Waals surface area contributed by atoms with Gasteiger partial charge in [0.1, 0.15) is 0 Å². The van der Waals surface area contributed by atoms with Gasteiger partial charge >= 0.3 is 0 Å². The fraction of sp³-hybridized carbons (Fsp3) is 0.467. The van der Waals surface area contributed by atoms with Crippen molar-refractivity contribution in [2.24, 2.45) is 0 Å². The van der Waals surface area contributed by atoms with Gasteiger partial charge in [0.25, 0.3) is 5.91 Å². The number of aromatic nitrogens is 3. The Kier molecular flexibility index (Phi) is 4.33. The lowest BCUT2D eigenvalue weighted by Crippen LogP contribution is -2.38. The fourth-order valence-electron chi connectivity index (χ4n) is 2.56. The maximum absolute atomic E-state index is 12.4. The number of carbonyl (C=O) groups is 1. The zero-order chi connectivity index (χ0) is 15.5. The van der Waals surface area contributed by atoms with E-state index in [9.17, 15) is 4.79 Å². The lowest BCUT2D eigenvalue weighted by Gasteiger charge is -2.30. The van der Waals surface area contributed by atoms with E-state index < -0.39 is 0 Å². The van der Waals surface area contributed by atoms with E-state index in [0.717, 1.165) is 25.9 Å². The molecule has 3 rings (SSSR count). The summed E-state index contributed by atoms with van der Waals surface area (Å²) in [6, 6.07) is 0. The summed E-state index contributed by atoms with van der Waals surface area (Å²) in [7, 11) is 1.55. The molecular formula is C15H18N4O2S. The van der Waals surface area contributed by atoms with Gasteiger partial charge in [-0.05, 0) is 19.8 Å². The Bertz CT molecular complexity index is 648. The van der Waals surface area contributed by atoms with E-state index in [2.05, 4.69) is 21.9 Å². The van der Waals surface area contributed by atoms with Gasteiger partial charge in [-0.15, -0.1) is 11.3 Å². The first-order valence-electron chi connectivity index (χ1n) is 7.25. The molecule has 1 saturated heterocycles. The monoisotopic (exact) mass is 318 g/mol. The molecule has 0 saturated carbocycles. The minimum Gasteiger partial charge on any atom is -0.494 e. The summed E-state index contributed by atoms with van der Waals surface area (Å²) in [6.07, 6.45) is 6.84. The average Bonchev–Trinajstić information content (AvgIpc) is 3.01. The third kappa shape index (κ3) is 3.09. The summed E-state index contributed by atoms with van der Waals surface area (Å²) in [6.45, 7) is 3.51. The number of aryl methyl sites for hydroxylation is 1. The number of likely N-dealkylation sites (tertiary alicyclic amines) is 1. The number of ether oxygens (including phenoxy) is 1. The van der Waals surface area contributed by atoms with Crippen LogP contribution in [0.3, 0.4) is 0 Å². The van der Waals surface area contributed by atoms with Crippen LogP contribution in [-0.2, 0) is 0 Å². The highest BCUT2D eigenvalue weighted by atomic mass is 32.1. The van der Waals surface area contributed by atoms with Gasteiger partial charge < -0.3 is 9.64 Å². The molecule has 0 spiro atoms. The molecule has 7 heteroatoms. The highest BCUT2D eigenvalue weighted by Crippen LogP contribution is 2.31. The molecule has 22 heavy (non-hydrogen) atoms. The molecular weight excluding hydrogens is 300 g/mol. The molecule has 1 fully saturated rings. The zero-order valence-corrected chi connectivity index (χ0v) is 13.5. The van der Waals surface area contributed by atoms with Crippen LogP contribution >= 0.6 is 11.3 Å². The Morgan fingerprint density at radius 3 is 2.45 bits per heavy atom. The lowest BCUT2D eigenvalue weighted by molar-refractivity contribution is 0.0700. The van der Waals surface area contributed by atoms with Gasteiger partial charge in [-0.2, -0.15) is 0 Å². The lowest BCUT2D eigenvalue weighted by atomic mass is 9.97. The molecule has 2 aromatic rings. The van der Waals surface area contributed by atoms with Crippen molar-refractivity contribution in [3.05, 3.63) is 34.3 Å². The first kappa shape index (κ1) is 14.9. The number of rotatable bonds is 3. The summed E-state index contributed by atoms with van der Waals surface area (Å²) in [5.41, 5.74) is 0. The molecule has 2 aromatic heterocycles. The molecule has 116 valence electrons. The van der Waals surface area contributed by atoms with Gasteiger partial charge in [0.05, 0.1) is 24.5 Å². The van der Waals surface area contributed by atoms with Crippen molar-refractivity contribution in [3.8, 4) is 5.75 Å². The number of carbonyl (C=O) groups excluding carboxylic acids is 1. The van der Waals surface area contributed by atoms with Gasteiger partial charge in [-0.25, -0.2) is 15.0 Å². The molecule has 3 heterocycles. The van der Waals surface area contributed by atoms with Crippen molar-refractivity contribution < 1.29 is 9.53 Å². The van der Waals surface area contributed by atoms with Crippen LogP contribution in [0.15, 0.2) is 18.6 Å². The first-order valence-corrected chi connectivity index (χ1v) is 8.06. The maximum atomic E-state index is 12.4. The molecule has 0 aliphatic carbocycles. The van der Waals surface area contributed by atoms with E-state index in [1.165, 1.54) is 22.3 Å². The average molecular weight is 318 g/mol. The third-order valence-corrected chi connectivity index (χ3v) is 4.90. The smallest absolute Gasteiger partial charge is 0.291 e. The van der Waals surface area contributed by atoms with Crippen LogP contribution in [0, 0.1) is 6.92 Å². The van der Waals surface area contributed by atoms with E-state index in [1.807, 2.05) is 11.1 Å². The summed E-state index contributed by atoms with van der Waals surface area (Å²) < 4.78 is 5.00. The van der Waals surface area contributed by atoms with Gasteiger partial charge in [0, 0.05) is 30.1 Å². The standard InChI is InChI=1S/C15H18N4O2S/c1-10-7-18-14(22-10)11-3-5-19(6-4-11)15(20)13-16-8-12(21-2)9-17-13/h7-9,11H,3-6H2,1-2H3. The second kappa shape index (κ2) is 6.39. The number of amides is 1. The second-order valence-electron chi connectivity index (χ2n) is 5.32. The molecule has 1 aliphatic heterocycles. The van der Waals surface area contributed by atoms with E-state index in [0.29, 0.717) is 11.7 Å². The van der Waals surface area contributed by atoms with Gasteiger partial charge in [0.2, 0.25) is 5.82 Å². The van der Waals surface area contributed by atoms with Gasteiger partial charge in [-0.3, -0.25) is 4.79 Å². The normalized spacial score (nSPS) is 15.8. The van der Waals surface area contributed by atoms with Crippen LogP contribution < -0.4 is 4.74 Å². The number of thiazole rings is 1. The van der Waals surface area contributed by atoms with Gasteiger partial charge in [0.15, 0.2) is 5.75 Å². The Balaban J connectivity index is 1.61. The number of hydrogen-bond acceptors (Lipinski definition) is 6. The Morgan fingerprint density at radius 2 is 1.91 bits per heavy atom. The summed E-state index contributed by atoms with van der Waals surface area (Å²) in [4.78, 5) is 28.0. The minimum absolute atomic E-state index is 0.114. The predicted octanol–water partition coefficient (Wildman–Crippen LogP) is 2.27. The van der Waals surface area contributed by atoms with E-state index >= 15 is 0 Å². The minimum atomic E-state index is -0.114. The predicted molar refractivity (Wildman–Crippen MR) is 83.3 cm³/mol. The molecule has 1 amide bonds. The van der Waals surface area contributed by atoms with E-state index in [1.54, 1.807) is 18.4 Å². The third-order valence-electron chi connectivity index (χ3n) is 3.83. The Hall–Kier alpha value is -2.02. The van der Waals surface area contributed by atoms with Crippen molar-refractivity contribution in [2.75, 3.05) is 20.2 Å². The fourth-order valence-corrected chi connectivity index (χ4v) is 3.51. The van der Waals surface area contributed by atoms with Crippen LogP contribution in [0.5, 0.6) is 5.75 Å². The van der Waals surface area contributed by atoms with Crippen molar-refractivity contribution in [2.45, 2.75) is 25.7 Å². The van der Waals surface area contributed by atoms with Crippen molar-refractivity contribution >= 4 is 17.2 Å². The summed E-state index contributed by atoms with van der Waals surface area (Å²) in [5, 5.41) is 1.19. The molecule has 0 N–H and O–H groups in total. The Labute approximate surface area is 133 Å². The molecule has 0 radical (unpaired) electrons. The molecule has 0 bridgehead atoms. The van der Waals surface area contributed by atoms with Crippen LogP contribution in [0.1, 0.15) is 39.3 Å². The van der Waals surface area contributed by atoms with Crippen molar-refractivity contribution in [3.63, 3.8) is 0 Å². The van der Waals surface area contributed by atoms with Crippen molar-refractivity contribution in [1.29, 1.82) is 0 Å². The largest absolute Gasteiger partial charge is 0.494 e. The number of piperidine rings is 1. The van der Waals surface area contributed by atoms with Crippen molar-refractivity contribution in [1.82, 2.24) is 19.9 Å². The van der Waals surface area contributed by atoms with Crippen LogP contribution in [0.25, 0.3) is 0 Å². The Morgan fingerprint density at radius 1 is 1.23 bits per heavy atom. The number of nitrogens with zero attached hydrogens (tertiary/aromatic N) is 4. The van der Waals surface area contributed by atoms with E-state index in [4.69, 9.17) is 4.74 Å². The van der Waals surface area contributed by atoms with Gasteiger partial charge in [-0.1, -0.05) is 0 Å².